The number of ketones is 4. The minimum Gasteiger partial charge on any atom is -0.481 e. The molecule has 8 nitrogen and oxygen atoms in total. The molecule has 6 fully saturated rings. The summed E-state index contributed by atoms with van der Waals surface area (Å²) >= 11 is 6.49. The number of aliphatic imine (C=N–C) groups is 2. The lowest BCUT2D eigenvalue weighted by atomic mass is 9.64. The molecule has 0 saturated heterocycles. The Hall–Kier alpha value is -3.32. The largest absolute Gasteiger partial charge is 0.481 e. The first-order chi connectivity index (χ1) is 27.8. The monoisotopic (exact) mass is 850 g/mol. The number of nitrogens with zero attached hydrogens (tertiary/aromatic N) is 2. The predicted molar refractivity (Wildman–Crippen MR) is 231 cm³/mol. The van der Waals surface area contributed by atoms with Crippen LogP contribution < -0.4 is 9.47 Å². The maximum atomic E-state index is 13.7. The summed E-state index contributed by atoms with van der Waals surface area (Å²) in [6.07, 6.45) is 13.0. The average Bonchev–Trinajstić information content (AvgIpc) is 4.03. The number of carbonyl (C=O) groups is 4. The van der Waals surface area contributed by atoms with Crippen molar-refractivity contribution in [3.8, 4) is 31.0 Å². The molecule has 0 radical (unpaired) electrons. The molecular formula is C46H46N2O6S4. The van der Waals surface area contributed by atoms with E-state index in [1.54, 1.807) is 22.7 Å². The summed E-state index contributed by atoms with van der Waals surface area (Å²) < 4.78 is 15.9. The molecule has 4 aromatic rings. The summed E-state index contributed by atoms with van der Waals surface area (Å²) in [6.45, 7) is 8.41. The van der Waals surface area contributed by atoms with Crippen LogP contribution in [-0.4, -0.2) is 34.6 Å². The molecule has 0 N–H and O–H groups in total. The summed E-state index contributed by atoms with van der Waals surface area (Å²) in [4.78, 5) is 68.8. The summed E-state index contributed by atoms with van der Waals surface area (Å²) in [5.74, 6) is 2.64. The van der Waals surface area contributed by atoms with E-state index in [9.17, 15) is 19.2 Å². The van der Waals surface area contributed by atoms with Gasteiger partial charge in [0.1, 0.15) is 32.7 Å². The van der Waals surface area contributed by atoms with Crippen LogP contribution in [0.4, 0.5) is 10.0 Å². The van der Waals surface area contributed by atoms with Crippen LogP contribution in [0.1, 0.15) is 116 Å². The summed E-state index contributed by atoms with van der Waals surface area (Å²) in [6, 6.07) is 3.83. The minimum absolute atomic E-state index is 0.0581. The molecule has 6 heterocycles. The first-order valence-electron chi connectivity index (χ1n) is 21.5. The van der Waals surface area contributed by atoms with Gasteiger partial charge in [-0.05, 0) is 77.0 Å². The fourth-order valence-corrected chi connectivity index (χ4v) is 18.3. The third kappa shape index (κ3) is 5.19. The van der Waals surface area contributed by atoms with E-state index in [0.717, 1.165) is 77.2 Å². The lowest BCUT2D eigenvalue weighted by molar-refractivity contribution is -0.123. The summed E-state index contributed by atoms with van der Waals surface area (Å²) in [5.41, 5.74) is 1.23. The van der Waals surface area contributed by atoms with Gasteiger partial charge >= 0.3 is 0 Å². The maximum absolute atomic E-state index is 13.7. The third-order valence-electron chi connectivity index (χ3n) is 15.3. The number of fused-ring (bicyclic) bond motifs is 13. The van der Waals surface area contributed by atoms with Crippen molar-refractivity contribution >= 4 is 99.3 Å². The Balaban J connectivity index is 0.887. The van der Waals surface area contributed by atoms with E-state index in [4.69, 9.17) is 19.5 Å². The zero-order valence-corrected chi connectivity index (χ0v) is 36.5. The highest BCUT2D eigenvalue weighted by Gasteiger charge is 2.54. The number of hydrogen-bond acceptors (Lipinski definition) is 12. The van der Waals surface area contributed by atoms with E-state index in [1.165, 1.54) is 74.0 Å². The van der Waals surface area contributed by atoms with Gasteiger partial charge in [-0.1, -0.05) is 51.4 Å². The second kappa shape index (κ2) is 12.6. The minimum atomic E-state index is -0.651. The molecule has 0 aromatic carbocycles. The molecule has 0 amide bonds. The highest BCUT2D eigenvalue weighted by Crippen LogP contribution is 2.64. The molecule has 0 spiro atoms. The molecule has 12 heteroatoms. The molecule has 6 saturated carbocycles. The van der Waals surface area contributed by atoms with Crippen molar-refractivity contribution in [2.24, 2.45) is 57.3 Å². The maximum Gasteiger partial charge on any atom is 0.188 e. The van der Waals surface area contributed by atoms with Gasteiger partial charge in [-0.3, -0.25) is 19.2 Å². The van der Waals surface area contributed by atoms with E-state index >= 15 is 0 Å². The van der Waals surface area contributed by atoms with Crippen LogP contribution in [0.3, 0.4) is 0 Å². The molecule has 12 rings (SSSR count). The van der Waals surface area contributed by atoms with Crippen molar-refractivity contribution in [1.29, 1.82) is 0 Å². The summed E-state index contributed by atoms with van der Waals surface area (Å²) in [5, 5.41) is 1.27. The second-order valence-corrected chi connectivity index (χ2v) is 23.5. The van der Waals surface area contributed by atoms with Crippen molar-refractivity contribution in [3.63, 3.8) is 0 Å². The Morgan fingerprint density at radius 3 is 1.16 bits per heavy atom. The molecule has 58 heavy (non-hydrogen) atoms. The molecule has 4 aromatic heterocycles. The van der Waals surface area contributed by atoms with Crippen molar-refractivity contribution in [2.75, 3.05) is 0 Å². The Labute approximate surface area is 353 Å². The smallest absolute Gasteiger partial charge is 0.188 e. The van der Waals surface area contributed by atoms with Gasteiger partial charge < -0.3 is 9.47 Å². The molecule has 8 aliphatic rings. The van der Waals surface area contributed by atoms with Crippen molar-refractivity contribution < 1.29 is 28.7 Å². The van der Waals surface area contributed by atoms with Crippen LogP contribution in [0.5, 0.6) is 11.5 Å². The molecule has 0 bridgehead atoms. The highest BCUT2D eigenvalue weighted by molar-refractivity contribution is 7.34. The van der Waals surface area contributed by atoms with Gasteiger partial charge in [-0.15, -0.1) is 45.3 Å². The number of Topliss-reactive ketones (excluding diaryl/α,β-unsaturated/α-hetero) is 4. The number of rotatable bonds is 2. The van der Waals surface area contributed by atoms with Crippen molar-refractivity contribution in [2.45, 2.75) is 116 Å². The topological polar surface area (TPSA) is 111 Å². The number of thiophene rings is 4. The standard InChI is InChI=1S/C46H46N2O6S4/c1-45(2)31-41(39-27(53-45)17-29(55-39)47-33-35(49)23-13-19-9-5-6-10-20(19)14-24(23)36(33)50)57-44-32-42(58-43(31)44)40-28(54-46(32,3)4)18-30(56-40)48-34-37(51)25-15-21-11-7-8-12-22(21)16-26(25)38(34)52/h17-26H,5-16H2,1-4H3. The van der Waals surface area contributed by atoms with E-state index < -0.39 is 11.2 Å². The van der Waals surface area contributed by atoms with Gasteiger partial charge in [0.25, 0.3) is 0 Å². The van der Waals surface area contributed by atoms with E-state index in [2.05, 4.69) is 27.7 Å². The fraction of sp³-hybridized carbons (Fsp3) is 0.565. The van der Waals surface area contributed by atoms with Crippen molar-refractivity contribution in [1.82, 2.24) is 0 Å². The van der Waals surface area contributed by atoms with E-state index in [-0.39, 0.29) is 58.2 Å². The zero-order valence-electron chi connectivity index (χ0n) is 33.2. The normalized spacial score (nSPS) is 32.6. The van der Waals surface area contributed by atoms with E-state index in [1.807, 2.05) is 12.1 Å². The molecule has 2 aliphatic heterocycles. The number of carbonyl (C=O) groups excluding carboxylic acids is 4. The van der Waals surface area contributed by atoms with E-state index in [0.29, 0.717) is 33.7 Å². The Kier molecular flexibility index (Phi) is 7.94. The molecular weight excluding hydrogens is 805 g/mol. The molecule has 300 valence electrons. The Morgan fingerprint density at radius 1 is 0.500 bits per heavy atom. The van der Waals surface area contributed by atoms with Crippen LogP contribution >= 0.6 is 45.3 Å². The third-order valence-corrected chi connectivity index (χ3v) is 20.2. The average molecular weight is 851 g/mol. The van der Waals surface area contributed by atoms with Crippen LogP contribution in [0.25, 0.3) is 28.9 Å². The van der Waals surface area contributed by atoms with Crippen molar-refractivity contribution in [3.05, 3.63) is 23.3 Å². The summed E-state index contributed by atoms with van der Waals surface area (Å²) in [7, 11) is 0. The van der Waals surface area contributed by atoms with Crippen LogP contribution in [0.2, 0.25) is 0 Å². The lowest BCUT2D eigenvalue weighted by Gasteiger charge is -2.39. The second-order valence-electron chi connectivity index (χ2n) is 19.4. The van der Waals surface area contributed by atoms with Gasteiger partial charge in [-0.2, -0.15) is 0 Å². The first-order valence-corrected chi connectivity index (χ1v) is 24.7. The Morgan fingerprint density at radius 2 is 0.828 bits per heavy atom. The zero-order chi connectivity index (χ0) is 39.6. The molecule has 6 aliphatic carbocycles. The SMILES string of the molecule is CC1(C)Oc2cc(N=C3C(=O)C4CC5CCCCC5CC4C3=O)sc2-c2sc3c4c(sc3c21)-c1sc(N=C2C(=O)C3CC5CCCCC5CC3C2=O)cc1OC4(C)C. The molecule has 8 atom stereocenters. The van der Waals surface area contributed by atoms with Crippen LogP contribution in [-0.2, 0) is 30.4 Å². The van der Waals surface area contributed by atoms with Gasteiger partial charge in [0, 0.05) is 46.9 Å². The lowest BCUT2D eigenvalue weighted by Crippen LogP contribution is -2.35. The van der Waals surface area contributed by atoms with Gasteiger partial charge in [0.2, 0.25) is 0 Å². The Bertz CT molecular complexity index is 2350. The predicted octanol–water partition coefficient (Wildman–Crippen LogP) is 11.8. The van der Waals surface area contributed by atoms with Gasteiger partial charge in [0.15, 0.2) is 34.6 Å². The van der Waals surface area contributed by atoms with Crippen LogP contribution in [0.15, 0.2) is 22.1 Å². The fourth-order valence-electron chi connectivity index (χ4n) is 12.6. The number of hydrogen-bond donors (Lipinski definition) is 0. The highest BCUT2D eigenvalue weighted by atomic mass is 32.1. The van der Waals surface area contributed by atoms with Crippen LogP contribution in [0, 0.1) is 47.3 Å². The quantitative estimate of drug-likeness (QED) is 0.199. The first kappa shape index (κ1) is 36.5. The molecule has 8 unspecified atom stereocenters. The van der Waals surface area contributed by atoms with Gasteiger partial charge in [0.05, 0.1) is 28.9 Å². The number of ether oxygens (including phenoxy) is 2. The van der Waals surface area contributed by atoms with Gasteiger partial charge in [-0.25, -0.2) is 9.98 Å².